The second-order valence-corrected chi connectivity index (χ2v) is 9.57. The lowest BCUT2D eigenvalue weighted by Crippen LogP contribution is -2.71. The summed E-state index contributed by atoms with van der Waals surface area (Å²) >= 11 is 3.43. The third-order valence-electron chi connectivity index (χ3n) is 4.63. The van der Waals surface area contributed by atoms with E-state index in [1.165, 1.54) is 28.4 Å². The van der Waals surface area contributed by atoms with Gasteiger partial charge in [0.15, 0.2) is 10.3 Å². The van der Waals surface area contributed by atoms with Gasteiger partial charge in [-0.2, -0.15) is 9.36 Å². The minimum absolute atomic E-state index is 0.0307. The number of oxime groups is 1. The molecule has 4 N–H and O–H groups in total. The summed E-state index contributed by atoms with van der Waals surface area (Å²) in [6, 6.07) is 0.734. The number of carboxylic acid groups (broad SMARTS) is 1. The Hall–Kier alpha value is -3.50. The highest BCUT2D eigenvalue weighted by atomic mass is 32.2. The SMILES string of the molecule is CCON=C(C(=O)NC1C(=O)N2C(C(=O)O)=C(C=CSc3ncccn3)CS[C@H]12)c1nsc(N)n1. The van der Waals surface area contributed by atoms with Crippen LogP contribution in [0.25, 0.3) is 0 Å². The van der Waals surface area contributed by atoms with Crippen LogP contribution in [0.4, 0.5) is 5.13 Å². The third kappa shape index (κ3) is 5.28. The summed E-state index contributed by atoms with van der Waals surface area (Å²) in [5.74, 6) is -2.24. The van der Waals surface area contributed by atoms with E-state index in [4.69, 9.17) is 10.6 Å². The maximum atomic E-state index is 12.9. The Morgan fingerprint density at radius 3 is 2.86 bits per heavy atom. The molecule has 4 heterocycles. The normalized spacial score (nSPS) is 20.0. The van der Waals surface area contributed by atoms with Crippen LogP contribution in [0.2, 0.25) is 0 Å². The first-order chi connectivity index (χ1) is 16.9. The van der Waals surface area contributed by atoms with Crippen LogP contribution >= 0.6 is 35.1 Å². The van der Waals surface area contributed by atoms with Crippen LogP contribution in [-0.2, 0) is 19.2 Å². The summed E-state index contributed by atoms with van der Waals surface area (Å²) in [6.45, 7) is 1.88. The van der Waals surface area contributed by atoms with Gasteiger partial charge >= 0.3 is 5.97 Å². The predicted molar refractivity (Wildman–Crippen MR) is 129 cm³/mol. The second-order valence-electron chi connectivity index (χ2n) is 6.81. The van der Waals surface area contributed by atoms with Crippen molar-refractivity contribution in [2.75, 3.05) is 18.1 Å². The van der Waals surface area contributed by atoms with E-state index < -0.39 is 29.2 Å². The Balaban J connectivity index is 1.49. The number of nitrogens with one attached hydrogen (secondary N) is 1. The molecule has 0 saturated carbocycles. The lowest BCUT2D eigenvalue weighted by Gasteiger charge is -2.49. The number of rotatable bonds is 9. The Bertz CT molecular complexity index is 1230. The Morgan fingerprint density at radius 2 is 2.20 bits per heavy atom. The van der Waals surface area contributed by atoms with Crippen LogP contribution in [-0.4, -0.2) is 76.6 Å². The van der Waals surface area contributed by atoms with E-state index in [0.717, 1.165) is 11.5 Å². The predicted octanol–water partition coefficient (Wildman–Crippen LogP) is 0.695. The first-order valence-electron chi connectivity index (χ1n) is 10.0. The molecular formula is C19H18N8O5S3. The van der Waals surface area contributed by atoms with Crippen LogP contribution in [0.3, 0.4) is 0 Å². The Kier molecular flexibility index (Phi) is 7.62. The Morgan fingerprint density at radius 1 is 1.43 bits per heavy atom. The number of aliphatic carboxylic acids is 1. The first-order valence-corrected chi connectivity index (χ1v) is 12.7. The maximum Gasteiger partial charge on any atom is 0.352 e. The number of allylic oxidation sites excluding steroid dienone is 1. The number of fused-ring (bicyclic) bond motifs is 1. The minimum Gasteiger partial charge on any atom is -0.477 e. The maximum absolute atomic E-state index is 12.9. The topological polar surface area (TPSA) is 186 Å². The molecule has 2 aliphatic heterocycles. The number of hydrogen-bond acceptors (Lipinski definition) is 13. The molecule has 1 fully saturated rings. The molecular weight excluding hydrogens is 516 g/mol. The van der Waals surface area contributed by atoms with Gasteiger partial charge in [0, 0.05) is 29.7 Å². The van der Waals surface area contributed by atoms with E-state index in [1.54, 1.807) is 36.9 Å². The molecule has 0 radical (unpaired) electrons. The van der Waals surface area contributed by atoms with E-state index >= 15 is 0 Å². The van der Waals surface area contributed by atoms with E-state index in [0.29, 0.717) is 16.5 Å². The molecule has 4 rings (SSSR count). The summed E-state index contributed by atoms with van der Waals surface area (Å²) in [5.41, 5.74) is 5.69. The van der Waals surface area contributed by atoms with Crippen LogP contribution < -0.4 is 11.1 Å². The summed E-state index contributed by atoms with van der Waals surface area (Å²) in [5, 5.41) is 17.9. The van der Waals surface area contributed by atoms with Crippen molar-refractivity contribution in [1.29, 1.82) is 0 Å². The van der Waals surface area contributed by atoms with Gasteiger partial charge in [-0.1, -0.05) is 16.9 Å². The fraction of sp³-hybridized carbons (Fsp3) is 0.263. The number of carbonyl (C=O) groups is 3. The van der Waals surface area contributed by atoms with Crippen molar-refractivity contribution in [3.63, 3.8) is 0 Å². The third-order valence-corrected chi connectivity index (χ3v) is 7.16. The van der Waals surface area contributed by atoms with Gasteiger partial charge < -0.3 is 21.0 Å². The number of anilines is 1. The van der Waals surface area contributed by atoms with Crippen molar-refractivity contribution in [3.8, 4) is 0 Å². The standard InChI is InChI=1S/C19H18N8O5S3/c1-2-32-25-10(13-24-18(20)35-26-13)14(28)23-11-15(29)27-12(17(30)31)9(8-34-16(11)27)4-7-33-19-21-5-3-6-22-19/h3-7,11,16H,2,8H2,1H3,(H,23,28)(H,30,31)(H2,20,24,26)/t11?,16-/m1/s1. The van der Waals surface area contributed by atoms with Crippen molar-refractivity contribution in [2.24, 2.45) is 5.16 Å². The van der Waals surface area contributed by atoms with Gasteiger partial charge in [-0.3, -0.25) is 14.5 Å². The quantitative estimate of drug-likeness (QED) is 0.135. The van der Waals surface area contributed by atoms with E-state index in [9.17, 15) is 19.5 Å². The zero-order valence-corrected chi connectivity index (χ0v) is 20.5. The first kappa shape index (κ1) is 24.6. The second kappa shape index (κ2) is 10.8. The van der Waals surface area contributed by atoms with Gasteiger partial charge in [0.05, 0.1) is 0 Å². The van der Waals surface area contributed by atoms with Crippen molar-refractivity contribution in [1.82, 2.24) is 29.5 Å². The molecule has 2 aliphatic rings. The largest absolute Gasteiger partial charge is 0.477 e. The molecule has 16 heteroatoms. The van der Waals surface area contributed by atoms with Gasteiger partial charge in [-0.25, -0.2) is 14.8 Å². The number of carbonyl (C=O) groups excluding carboxylic acids is 2. The highest BCUT2D eigenvalue weighted by molar-refractivity contribution is 8.02. The molecule has 1 saturated heterocycles. The van der Waals surface area contributed by atoms with Gasteiger partial charge in [-0.05, 0) is 30.0 Å². The number of carboxylic acids is 1. The summed E-state index contributed by atoms with van der Waals surface area (Å²) < 4.78 is 3.97. The highest BCUT2D eigenvalue weighted by Gasteiger charge is 2.54. The van der Waals surface area contributed by atoms with Crippen molar-refractivity contribution in [3.05, 3.63) is 47.0 Å². The molecule has 2 amide bonds. The lowest BCUT2D eigenvalue weighted by molar-refractivity contribution is -0.150. The van der Waals surface area contributed by atoms with Crippen LogP contribution in [0, 0.1) is 0 Å². The molecule has 13 nitrogen and oxygen atoms in total. The Labute approximate surface area is 211 Å². The molecule has 0 aromatic carbocycles. The number of hydrogen-bond donors (Lipinski definition) is 3. The molecule has 0 aliphatic carbocycles. The summed E-state index contributed by atoms with van der Waals surface area (Å²) in [7, 11) is 0. The lowest BCUT2D eigenvalue weighted by atomic mass is 10.0. The number of nitrogens with zero attached hydrogens (tertiary/aromatic N) is 6. The van der Waals surface area contributed by atoms with Crippen molar-refractivity contribution in [2.45, 2.75) is 23.5 Å². The minimum atomic E-state index is -1.24. The molecule has 2 atom stereocenters. The van der Waals surface area contributed by atoms with Crippen LogP contribution in [0.15, 0.2) is 51.5 Å². The number of nitrogen functional groups attached to an aromatic ring is 1. The smallest absolute Gasteiger partial charge is 0.352 e. The number of amides is 2. The zero-order valence-electron chi connectivity index (χ0n) is 18.0. The average molecular weight is 535 g/mol. The molecule has 0 bridgehead atoms. The fourth-order valence-corrected chi connectivity index (χ4v) is 5.50. The molecule has 1 unspecified atom stereocenters. The van der Waals surface area contributed by atoms with Crippen molar-refractivity contribution < 1.29 is 24.3 Å². The summed E-state index contributed by atoms with van der Waals surface area (Å²) in [6.07, 6.45) is 4.82. The van der Waals surface area contributed by atoms with Gasteiger partial charge in [-0.15, -0.1) is 11.8 Å². The van der Waals surface area contributed by atoms with Gasteiger partial charge in [0.1, 0.15) is 23.7 Å². The fourth-order valence-electron chi connectivity index (χ4n) is 3.15. The van der Waals surface area contributed by atoms with Crippen molar-refractivity contribution >= 4 is 63.7 Å². The molecule has 2 aromatic rings. The number of thioether (sulfide) groups is 2. The van der Waals surface area contributed by atoms with Gasteiger partial charge in [0.2, 0.25) is 11.5 Å². The highest BCUT2D eigenvalue weighted by Crippen LogP contribution is 2.41. The van der Waals surface area contributed by atoms with Gasteiger partial charge in [0.25, 0.3) is 11.8 Å². The number of aromatic nitrogens is 4. The number of β-lactam (4-membered cyclic amide) rings is 1. The summed E-state index contributed by atoms with van der Waals surface area (Å²) in [4.78, 5) is 56.0. The molecule has 0 spiro atoms. The van der Waals surface area contributed by atoms with Crippen LogP contribution in [0.5, 0.6) is 0 Å². The van der Waals surface area contributed by atoms with E-state index in [-0.39, 0.29) is 29.0 Å². The number of nitrogens with two attached hydrogens (primary N) is 1. The average Bonchev–Trinajstić information content (AvgIpc) is 3.28. The molecule has 182 valence electrons. The monoisotopic (exact) mass is 534 g/mol. The molecule has 2 aromatic heterocycles. The molecule has 35 heavy (non-hydrogen) atoms. The van der Waals surface area contributed by atoms with E-state index in [1.807, 2.05) is 0 Å². The van der Waals surface area contributed by atoms with Crippen LogP contribution in [0.1, 0.15) is 12.7 Å². The zero-order chi connectivity index (χ0) is 24.9. The van der Waals surface area contributed by atoms with E-state index in [2.05, 4.69) is 29.8 Å².